The van der Waals surface area contributed by atoms with E-state index in [1.807, 2.05) is 0 Å². The standard InChI is InChI=1S/C19H19FN2O4/c1-13(23)22(11-14-4-2-3-5-16(14)20)12-19(24)21-15-6-7-17-18(10-15)26-9-8-25-17/h2-7,10H,8-9,11-12H2,1H3,(H,21,24). The zero-order valence-electron chi connectivity index (χ0n) is 14.3. The molecule has 0 spiro atoms. The van der Waals surface area contributed by atoms with E-state index in [9.17, 15) is 14.0 Å². The predicted octanol–water partition coefficient (Wildman–Crippen LogP) is 2.58. The first kappa shape index (κ1) is 17.7. The van der Waals surface area contributed by atoms with Crippen LogP contribution in [0, 0.1) is 5.82 Å². The Kier molecular flexibility index (Phi) is 5.36. The summed E-state index contributed by atoms with van der Waals surface area (Å²) < 4.78 is 24.7. The van der Waals surface area contributed by atoms with Crippen molar-refractivity contribution in [2.24, 2.45) is 0 Å². The first-order valence-corrected chi connectivity index (χ1v) is 8.21. The van der Waals surface area contributed by atoms with Crippen LogP contribution >= 0.6 is 0 Å². The molecule has 2 aromatic rings. The summed E-state index contributed by atoms with van der Waals surface area (Å²) in [5.74, 6) is 0.0767. The van der Waals surface area contributed by atoms with Gasteiger partial charge in [0, 0.05) is 30.8 Å². The molecule has 3 rings (SSSR count). The van der Waals surface area contributed by atoms with Gasteiger partial charge >= 0.3 is 0 Å². The zero-order valence-corrected chi connectivity index (χ0v) is 14.3. The lowest BCUT2D eigenvalue weighted by Gasteiger charge is -2.22. The van der Waals surface area contributed by atoms with Crippen molar-refractivity contribution in [2.45, 2.75) is 13.5 Å². The summed E-state index contributed by atoms with van der Waals surface area (Å²) in [5, 5.41) is 2.72. The molecule has 1 aliphatic heterocycles. The van der Waals surface area contributed by atoms with E-state index in [0.717, 1.165) is 0 Å². The number of nitrogens with one attached hydrogen (secondary N) is 1. The highest BCUT2D eigenvalue weighted by atomic mass is 19.1. The molecule has 136 valence electrons. The number of nitrogens with zero attached hydrogens (tertiary/aromatic N) is 1. The Hall–Kier alpha value is -3.09. The molecule has 0 radical (unpaired) electrons. The molecular formula is C19H19FN2O4. The molecule has 6 nitrogen and oxygen atoms in total. The number of rotatable bonds is 5. The lowest BCUT2D eigenvalue weighted by molar-refractivity contribution is -0.133. The van der Waals surface area contributed by atoms with Gasteiger partial charge < -0.3 is 19.7 Å². The second-order valence-corrected chi connectivity index (χ2v) is 5.87. The minimum Gasteiger partial charge on any atom is -0.486 e. The Balaban J connectivity index is 1.65. The number of carbonyl (C=O) groups excluding carboxylic acids is 2. The van der Waals surface area contributed by atoms with E-state index in [1.165, 1.54) is 17.9 Å². The molecule has 1 aliphatic rings. The highest BCUT2D eigenvalue weighted by Crippen LogP contribution is 2.32. The van der Waals surface area contributed by atoms with E-state index in [4.69, 9.17) is 9.47 Å². The van der Waals surface area contributed by atoms with Crippen LogP contribution in [0.3, 0.4) is 0 Å². The lowest BCUT2D eigenvalue weighted by atomic mass is 10.2. The van der Waals surface area contributed by atoms with Gasteiger partial charge in [-0.1, -0.05) is 18.2 Å². The van der Waals surface area contributed by atoms with Crippen molar-refractivity contribution >= 4 is 17.5 Å². The molecule has 0 atom stereocenters. The summed E-state index contributed by atoms with van der Waals surface area (Å²) in [4.78, 5) is 25.4. The van der Waals surface area contributed by atoms with Gasteiger partial charge in [0.05, 0.1) is 0 Å². The topological polar surface area (TPSA) is 67.9 Å². The van der Waals surface area contributed by atoms with Crippen LogP contribution in [0.5, 0.6) is 11.5 Å². The highest BCUT2D eigenvalue weighted by molar-refractivity contribution is 5.94. The molecule has 2 aromatic carbocycles. The van der Waals surface area contributed by atoms with Crippen LogP contribution in [0.2, 0.25) is 0 Å². The summed E-state index contributed by atoms with van der Waals surface area (Å²) in [7, 11) is 0. The Morgan fingerprint density at radius 3 is 2.58 bits per heavy atom. The van der Waals surface area contributed by atoms with Crippen LogP contribution in [0.1, 0.15) is 12.5 Å². The molecule has 26 heavy (non-hydrogen) atoms. The molecule has 0 fully saturated rings. The summed E-state index contributed by atoms with van der Waals surface area (Å²) in [6.45, 7) is 2.13. The number of hydrogen-bond acceptors (Lipinski definition) is 4. The van der Waals surface area contributed by atoms with Crippen molar-refractivity contribution in [3.63, 3.8) is 0 Å². The quantitative estimate of drug-likeness (QED) is 0.892. The molecule has 0 bridgehead atoms. The fourth-order valence-electron chi connectivity index (χ4n) is 2.61. The summed E-state index contributed by atoms with van der Waals surface area (Å²) in [5.41, 5.74) is 0.892. The van der Waals surface area contributed by atoms with Crippen LogP contribution in [-0.4, -0.2) is 36.5 Å². The number of hydrogen-bond donors (Lipinski definition) is 1. The molecule has 0 unspecified atom stereocenters. The van der Waals surface area contributed by atoms with Crippen molar-refractivity contribution in [2.75, 3.05) is 25.1 Å². The lowest BCUT2D eigenvalue weighted by Crippen LogP contribution is -2.36. The maximum absolute atomic E-state index is 13.8. The monoisotopic (exact) mass is 358 g/mol. The minimum atomic E-state index is -0.411. The summed E-state index contributed by atoms with van der Waals surface area (Å²) in [6.07, 6.45) is 0. The van der Waals surface area contributed by atoms with Crippen LogP contribution in [0.4, 0.5) is 10.1 Å². The van der Waals surface area contributed by atoms with Gasteiger partial charge in [-0.05, 0) is 18.2 Å². The molecule has 0 saturated carbocycles. The van der Waals surface area contributed by atoms with Gasteiger partial charge in [0.1, 0.15) is 25.6 Å². The average Bonchev–Trinajstić information content (AvgIpc) is 2.62. The third kappa shape index (κ3) is 4.30. The van der Waals surface area contributed by atoms with E-state index >= 15 is 0 Å². The normalized spacial score (nSPS) is 12.4. The first-order valence-electron chi connectivity index (χ1n) is 8.21. The number of ether oxygens (including phenoxy) is 2. The summed E-state index contributed by atoms with van der Waals surface area (Å²) >= 11 is 0. The highest BCUT2D eigenvalue weighted by Gasteiger charge is 2.17. The number of benzene rings is 2. The van der Waals surface area contributed by atoms with Crippen LogP contribution in [-0.2, 0) is 16.1 Å². The fourth-order valence-corrected chi connectivity index (χ4v) is 2.61. The Morgan fingerprint density at radius 1 is 1.12 bits per heavy atom. The van der Waals surface area contributed by atoms with E-state index in [1.54, 1.807) is 36.4 Å². The fraction of sp³-hybridized carbons (Fsp3) is 0.263. The van der Waals surface area contributed by atoms with E-state index in [2.05, 4.69) is 5.32 Å². The van der Waals surface area contributed by atoms with Gasteiger partial charge in [0.2, 0.25) is 11.8 Å². The van der Waals surface area contributed by atoms with Crippen molar-refractivity contribution in [1.82, 2.24) is 4.90 Å². The van der Waals surface area contributed by atoms with Crippen molar-refractivity contribution in [3.05, 3.63) is 53.8 Å². The number of halogens is 1. The van der Waals surface area contributed by atoms with E-state index in [0.29, 0.717) is 36.0 Å². The van der Waals surface area contributed by atoms with E-state index in [-0.39, 0.29) is 24.9 Å². The largest absolute Gasteiger partial charge is 0.486 e. The third-order valence-electron chi connectivity index (χ3n) is 3.92. The number of carbonyl (C=O) groups is 2. The van der Waals surface area contributed by atoms with Gasteiger partial charge in [0.25, 0.3) is 0 Å². The second kappa shape index (κ2) is 7.86. The van der Waals surface area contributed by atoms with Gasteiger partial charge in [-0.2, -0.15) is 0 Å². The Morgan fingerprint density at radius 2 is 1.85 bits per heavy atom. The molecule has 7 heteroatoms. The molecule has 0 saturated heterocycles. The number of amides is 2. The smallest absolute Gasteiger partial charge is 0.244 e. The van der Waals surface area contributed by atoms with Crippen LogP contribution in [0.25, 0.3) is 0 Å². The molecule has 0 aliphatic carbocycles. The molecule has 2 amide bonds. The van der Waals surface area contributed by atoms with Crippen molar-refractivity contribution < 1.29 is 23.5 Å². The number of anilines is 1. The molecule has 1 N–H and O–H groups in total. The second-order valence-electron chi connectivity index (χ2n) is 5.87. The molecule has 1 heterocycles. The minimum absolute atomic E-state index is 0.0244. The van der Waals surface area contributed by atoms with E-state index < -0.39 is 5.82 Å². The molecule has 0 aromatic heterocycles. The van der Waals surface area contributed by atoms with Crippen molar-refractivity contribution in [3.8, 4) is 11.5 Å². The van der Waals surface area contributed by atoms with Crippen LogP contribution in [0.15, 0.2) is 42.5 Å². The summed E-state index contributed by atoms with van der Waals surface area (Å²) in [6, 6.07) is 11.2. The van der Waals surface area contributed by atoms with Gasteiger partial charge in [0.15, 0.2) is 11.5 Å². The van der Waals surface area contributed by atoms with Gasteiger partial charge in [-0.3, -0.25) is 9.59 Å². The SMILES string of the molecule is CC(=O)N(CC(=O)Nc1ccc2c(c1)OCCO2)Cc1ccccc1F. The van der Waals surface area contributed by atoms with Crippen LogP contribution < -0.4 is 14.8 Å². The maximum atomic E-state index is 13.8. The maximum Gasteiger partial charge on any atom is 0.244 e. The van der Waals surface area contributed by atoms with Gasteiger partial charge in [-0.25, -0.2) is 4.39 Å². The Labute approximate surface area is 150 Å². The Bertz CT molecular complexity index is 825. The zero-order chi connectivity index (χ0) is 18.5. The first-order chi connectivity index (χ1) is 12.5. The van der Waals surface area contributed by atoms with Crippen molar-refractivity contribution in [1.29, 1.82) is 0 Å². The van der Waals surface area contributed by atoms with Gasteiger partial charge in [-0.15, -0.1) is 0 Å². The number of fused-ring (bicyclic) bond motifs is 1. The molecular weight excluding hydrogens is 339 g/mol. The average molecular weight is 358 g/mol. The predicted molar refractivity (Wildman–Crippen MR) is 93.6 cm³/mol. The third-order valence-corrected chi connectivity index (χ3v) is 3.92.